The topological polar surface area (TPSA) is 112 Å². The number of hydrogen-bond acceptors (Lipinski definition) is 7. The van der Waals surface area contributed by atoms with E-state index < -0.39 is 16.9 Å². The van der Waals surface area contributed by atoms with E-state index in [1.807, 2.05) is 25.1 Å². The van der Waals surface area contributed by atoms with Crippen molar-refractivity contribution in [3.05, 3.63) is 54.8 Å². The van der Waals surface area contributed by atoms with Crippen molar-refractivity contribution in [1.82, 2.24) is 14.8 Å². The first-order chi connectivity index (χ1) is 15.2. The molecule has 1 atom stereocenters. The number of anilines is 1. The van der Waals surface area contributed by atoms with Gasteiger partial charge in [-0.3, -0.25) is 4.79 Å². The lowest BCUT2D eigenvalue weighted by atomic mass is 10.2. The molecule has 0 bridgehead atoms. The summed E-state index contributed by atoms with van der Waals surface area (Å²) >= 11 is 1.08. The number of aromatic nitrogens is 3. The highest BCUT2D eigenvalue weighted by Crippen LogP contribution is 2.29. The molecule has 1 unspecified atom stereocenters. The molecule has 2 aromatic rings. The minimum absolute atomic E-state index is 0.0110. The first-order valence-electron chi connectivity index (χ1n) is 10.1. The number of amides is 1. The smallest absolute Gasteiger partial charge is 0.422 e. The van der Waals surface area contributed by atoms with E-state index in [1.165, 1.54) is 0 Å². The van der Waals surface area contributed by atoms with E-state index in [9.17, 15) is 14.0 Å². The van der Waals surface area contributed by atoms with Crippen molar-refractivity contribution in [2.75, 3.05) is 5.32 Å². The maximum Gasteiger partial charge on any atom is 0.422 e. The lowest BCUT2D eigenvalue weighted by Gasteiger charge is -2.21. The minimum atomic E-state index is -0.795. The second kappa shape index (κ2) is 11.5. The zero-order valence-electron chi connectivity index (χ0n) is 18.5. The maximum atomic E-state index is 12.9. The summed E-state index contributed by atoms with van der Waals surface area (Å²) in [6.07, 6.45) is 2.96. The van der Waals surface area contributed by atoms with Crippen molar-refractivity contribution in [3.63, 3.8) is 0 Å². The predicted molar refractivity (Wildman–Crippen MR) is 124 cm³/mol. The number of para-hydroxylation sites is 1. The lowest BCUT2D eigenvalue weighted by molar-refractivity contribution is -0.115. The highest BCUT2D eigenvalue weighted by Gasteiger charge is 2.29. The number of nitrogens with one attached hydrogen (secondary N) is 1. The molecule has 0 aliphatic rings. The Morgan fingerprint density at radius 3 is 2.53 bits per heavy atom. The van der Waals surface area contributed by atoms with Crippen LogP contribution in [0.1, 0.15) is 46.4 Å². The average Bonchev–Trinajstić information content (AvgIpc) is 3.14. The van der Waals surface area contributed by atoms with Crippen LogP contribution in [0.2, 0.25) is 0 Å². The fourth-order valence-corrected chi connectivity index (χ4v) is 3.78. The average molecular weight is 462 g/mol. The van der Waals surface area contributed by atoms with E-state index in [4.69, 9.17) is 10.5 Å². The van der Waals surface area contributed by atoms with Gasteiger partial charge in [0.15, 0.2) is 5.82 Å². The van der Waals surface area contributed by atoms with Gasteiger partial charge in [-0.15, -0.1) is 10.2 Å². The summed E-state index contributed by atoms with van der Waals surface area (Å²) in [6.45, 7) is 7.11. The molecule has 0 radical (unpaired) electrons. The van der Waals surface area contributed by atoms with Crippen LogP contribution in [-0.4, -0.2) is 37.6 Å². The Bertz CT molecular complexity index is 983. The monoisotopic (exact) mass is 461 g/mol. The van der Waals surface area contributed by atoms with Crippen molar-refractivity contribution in [1.29, 1.82) is 0 Å². The Morgan fingerprint density at radius 2 is 1.97 bits per heavy atom. The second-order valence-corrected chi connectivity index (χ2v) is 8.96. The number of nitrogens with two attached hydrogens (primary N) is 1. The molecule has 0 aliphatic carbocycles. The van der Waals surface area contributed by atoms with Gasteiger partial charge in [-0.2, -0.15) is 0 Å². The Hall–Kier alpha value is -3.14. The summed E-state index contributed by atoms with van der Waals surface area (Å²) in [6, 6.07) is 9.07. The Labute approximate surface area is 191 Å². The van der Waals surface area contributed by atoms with Crippen molar-refractivity contribution in [2.45, 2.75) is 56.5 Å². The van der Waals surface area contributed by atoms with E-state index in [0.29, 0.717) is 12.1 Å². The number of benzene rings is 1. The SMILES string of the molecule is CCCC(Sc1nnc(C(/C=C\F)=C/N)n1C(=O)OC(C)(C)C)C(=O)Nc1ccccc1. The van der Waals surface area contributed by atoms with Crippen LogP contribution < -0.4 is 11.1 Å². The van der Waals surface area contributed by atoms with Crippen LogP contribution in [0.15, 0.2) is 54.1 Å². The molecular formula is C22H28FN5O3S. The molecule has 1 heterocycles. The molecule has 2 rings (SSSR count). The summed E-state index contributed by atoms with van der Waals surface area (Å²) < 4.78 is 19.4. The summed E-state index contributed by atoms with van der Waals surface area (Å²) in [5, 5.41) is 10.5. The van der Waals surface area contributed by atoms with Crippen LogP contribution in [0, 0.1) is 0 Å². The molecule has 0 saturated carbocycles. The fraction of sp³-hybridized carbons (Fsp3) is 0.364. The number of allylic oxidation sites excluding steroid dienone is 2. The van der Waals surface area contributed by atoms with Gasteiger partial charge < -0.3 is 15.8 Å². The van der Waals surface area contributed by atoms with E-state index in [-0.39, 0.29) is 28.8 Å². The standard InChI is InChI=1S/C22H28FN5O3S/c1-5-9-17(19(29)25-16-10-7-6-8-11-16)32-20-27-26-18(15(14-24)12-13-23)28(20)21(30)31-22(2,3)4/h6-8,10-14,17H,5,9,24H2,1-4H3,(H,25,29)/b13-12-,15-14+. The summed E-state index contributed by atoms with van der Waals surface area (Å²) in [5.41, 5.74) is 5.60. The zero-order valence-corrected chi connectivity index (χ0v) is 19.4. The number of carbonyl (C=O) groups is 2. The van der Waals surface area contributed by atoms with Crippen LogP contribution in [0.4, 0.5) is 14.9 Å². The molecule has 1 aromatic heterocycles. The molecule has 10 heteroatoms. The minimum Gasteiger partial charge on any atom is -0.443 e. The van der Waals surface area contributed by atoms with Gasteiger partial charge in [0.1, 0.15) is 5.60 Å². The van der Waals surface area contributed by atoms with Crippen LogP contribution >= 0.6 is 11.8 Å². The quantitative estimate of drug-likeness (QED) is 0.431. The van der Waals surface area contributed by atoms with E-state index >= 15 is 0 Å². The highest BCUT2D eigenvalue weighted by molar-refractivity contribution is 8.00. The van der Waals surface area contributed by atoms with Crippen LogP contribution in [-0.2, 0) is 9.53 Å². The summed E-state index contributed by atoms with van der Waals surface area (Å²) in [7, 11) is 0. The zero-order chi connectivity index (χ0) is 23.7. The number of carbonyl (C=O) groups excluding carboxylic acids is 2. The molecule has 1 amide bonds. The van der Waals surface area contributed by atoms with Gasteiger partial charge in [0.25, 0.3) is 0 Å². The van der Waals surface area contributed by atoms with Gasteiger partial charge in [-0.25, -0.2) is 13.8 Å². The predicted octanol–water partition coefficient (Wildman–Crippen LogP) is 4.74. The molecule has 0 spiro atoms. The van der Waals surface area contributed by atoms with Crippen LogP contribution in [0.5, 0.6) is 0 Å². The number of rotatable bonds is 8. The van der Waals surface area contributed by atoms with E-state index in [1.54, 1.807) is 32.9 Å². The molecule has 32 heavy (non-hydrogen) atoms. The number of halogens is 1. The Kier molecular flexibility index (Phi) is 9.01. The molecular weight excluding hydrogens is 433 g/mol. The molecule has 1 aromatic carbocycles. The number of ether oxygens (including phenoxy) is 1. The van der Waals surface area contributed by atoms with Gasteiger partial charge in [-0.05, 0) is 45.4 Å². The van der Waals surface area contributed by atoms with Gasteiger partial charge in [-0.1, -0.05) is 43.3 Å². The molecule has 8 nitrogen and oxygen atoms in total. The van der Waals surface area contributed by atoms with Gasteiger partial charge >= 0.3 is 6.09 Å². The van der Waals surface area contributed by atoms with Crippen molar-refractivity contribution in [2.24, 2.45) is 5.73 Å². The Morgan fingerprint density at radius 1 is 1.28 bits per heavy atom. The maximum absolute atomic E-state index is 12.9. The molecule has 3 N–H and O–H groups in total. The molecule has 0 aliphatic heterocycles. The molecule has 172 valence electrons. The normalized spacial score (nSPS) is 13.2. The van der Waals surface area contributed by atoms with Gasteiger partial charge in [0, 0.05) is 17.5 Å². The first kappa shape index (κ1) is 25.1. The summed E-state index contributed by atoms with van der Waals surface area (Å²) in [5.74, 6) is -0.224. The Balaban J connectivity index is 2.41. The molecule has 0 fully saturated rings. The third-order valence-electron chi connectivity index (χ3n) is 4.02. The number of nitrogens with zero attached hydrogens (tertiary/aromatic N) is 3. The third kappa shape index (κ3) is 6.94. The van der Waals surface area contributed by atoms with E-state index in [0.717, 1.165) is 35.0 Å². The number of thioether (sulfide) groups is 1. The third-order valence-corrected chi connectivity index (χ3v) is 5.23. The second-order valence-electron chi connectivity index (χ2n) is 7.79. The lowest BCUT2D eigenvalue weighted by Crippen LogP contribution is -2.30. The largest absolute Gasteiger partial charge is 0.443 e. The van der Waals surface area contributed by atoms with Crippen LogP contribution in [0.25, 0.3) is 5.57 Å². The number of hydrogen-bond donors (Lipinski definition) is 2. The van der Waals surface area contributed by atoms with Crippen LogP contribution in [0.3, 0.4) is 0 Å². The van der Waals surface area contributed by atoms with Gasteiger partial charge in [0.2, 0.25) is 11.1 Å². The van der Waals surface area contributed by atoms with Crippen molar-refractivity contribution < 1.29 is 18.7 Å². The fourth-order valence-electron chi connectivity index (χ4n) is 2.66. The molecule has 0 saturated heterocycles. The van der Waals surface area contributed by atoms with E-state index in [2.05, 4.69) is 15.5 Å². The van der Waals surface area contributed by atoms with Crippen molar-refractivity contribution in [3.8, 4) is 0 Å². The van der Waals surface area contributed by atoms with Gasteiger partial charge in [0.05, 0.1) is 11.6 Å². The summed E-state index contributed by atoms with van der Waals surface area (Å²) in [4.78, 5) is 25.9. The first-order valence-corrected chi connectivity index (χ1v) is 11.0. The van der Waals surface area contributed by atoms with Crippen molar-refractivity contribution >= 4 is 35.0 Å². The highest BCUT2D eigenvalue weighted by atomic mass is 32.2.